The van der Waals surface area contributed by atoms with Gasteiger partial charge in [0, 0.05) is 37.8 Å². The Kier molecular flexibility index (Phi) is 6.34. The zero-order valence-electron chi connectivity index (χ0n) is 16.7. The van der Waals surface area contributed by atoms with Crippen molar-refractivity contribution in [3.63, 3.8) is 0 Å². The minimum atomic E-state index is -3.78. The van der Waals surface area contributed by atoms with Gasteiger partial charge in [0.25, 0.3) is 0 Å². The molecule has 2 saturated heterocycles. The molecule has 1 saturated carbocycles. The molecule has 30 heavy (non-hydrogen) atoms. The summed E-state index contributed by atoms with van der Waals surface area (Å²) >= 11 is 6.18. The summed E-state index contributed by atoms with van der Waals surface area (Å²) in [5.74, 6) is -0.231. The average molecular weight is 456 g/mol. The molecule has 3 aliphatic rings. The third kappa shape index (κ3) is 4.64. The summed E-state index contributed by atoms with van der Waals surface area (Å²) in [6, 6.07) is 4.48. The van der Waals surface area contributed by atoms with Crippen LogP contribution in [0.2, 0.25) is 5.02 Å². The SMILES string of the molecule is O=C(Nc1ccc(Cl)c(S(=O)(=O)N2CCOCC2)c1)C1CCCN(C(=O)C2CC2)C1. The van der Waals surface area contributed by atoms with E-state index < -0.39 is 10.0 Å². The molecule has 0 aromatic heterocycles. The van der Waals surface area contributed by atoms with Crippen LogP contribution < -0.4 is 5.32 Å². The quantitative estimate of drug-likeness (QED) is 0.732. The molecule has 2 heterocycles. The summed E-state index contributed by atoms with van der Waals surface area (Å²) in [6.45, 7) is 2.32. The molecule has 164 valence electrons. The van der Waals surface area contributed by atoms with Crippen molar-refractivity contribution in [1.82, 2.24) is 9.21 Å². The zero-order chi connectivity index (χ0) is 21.3. The molecule has 1 aromatic carbocycles. The van der Waals surface area contributed by atoms with E-state index in [-0.39, 0.29) is 46.7 Å². The Morgan fingerprint density at radius 3 is 2.50 bits per heavy atom. The van der Waals surface area contributed by atoms with Crippen molar-refractivity contribution >= 4 is 39.1 Å². The highest BCUT2D eigenvalue weighted by Gasteiger charge is 2.37. The van der Waals surface area contributed by atoms with Crippen LogP contribution in [0, 0.1) is 11.8 Å². The predicted octanol–water partition coefficient (Wildman–Crippen LogP) is 1.95. The number of piperidine rings is 1. The number of sulfonamides is 1. The second kappa shape index (κ2) is 8.82. The molecule has 1 aromatic rings. The fraction of sp³-hybridized carbons (Fsp3) is 0.600. The molecule has 2 aliphatic heterocycles. The van der Waals surface area contributed by atoms with Gasteiger partial charge in [-0.15, -0.1) is 0 Å². The first kappa shape index (κ1) is 21.5. The van der Waals surface area contributed by atoms with Crippen molar-refractivity contribution in [1.29, 1.82) is 0 Å². The number of likely N-dealkylation sites (tertiary alicyclic amines) is 1. The Labute approximate surface area is 181 Å². The van der Waals surface area contributed by atoms with Crippen molar-refractivity contribution < 1.29 is 22.7 Å². The molecule has 0 spiro atoms. The highest BCUT2D eigenvalue weighted by molar-refractivity contribution is 7.89. The summed E-state index contributed by atoms with van der Waals surface area (Å²) in [5.41, 5.74) is 0.377. The number of carbonyl (C=O) groups excluding carboxylic acids is 2. The third-order valence-corrected chi connectivity index (χ3v) is 8.20. The van der Waals surface area contributed by atoms with Gasteiger partial charge in [0.15, 0.2) is 0 Å². The van der Waals surface area contributed by atoms with Gasteiger partial charge >= 0.3 is 0 Å². The number of anilines is 1. The first-order chi connectivity index (χ1) is 14.4. The molecule has 8 nitrogen and oxygen atoms in total. The van der Waals surface area contributed by atoms with Crippen molar-refractivity contribution in [3.8, 4) is 0 Å². The highest BCUT2D eigenvalue weighted by atomic mass is 35.5. The molecule has 3 fully saturated rings. The molecule has 10 heteroatoms. The number of nitrogens with one attached hydrogen (secondary N) is 1. The van der Waals surface area contributed by atoms with Crippen LogP contribution in [-0.2, 0) is 24.3 Å². The van der Waals surface area contributed by atoms with E-state index in [4.69, 9.17) is 16.3 Å². The second-order valence-corrected chi connectivity index (χ2v) is 10.4. The predicted molar refractivity (Wildman–Crippen MR) is 112 cm³/mol. The molecular weight excluding hydrogens is 430 g/mol. The maximum absolute atomic E-state index is 13.0. The van der Waals surface area contributed by atoms with E-state index in [1.165, 1.54) is 16.4 Å². The number of carbonyl (C=O) groups is 2. The molecule has 4 rings (SSSR count). The van der Waals surface area contributed by atoms with Gasteiger partial charge in [-0.05, 0) is 43.9 Å². The standard InChI is InChI=1S/C20H26ClN3O5S/c21-17-6-5-16(12-18(17)30(27,28)24-8-10-29-11-9-24)22-19(25)15-2-1-7-23(13-15)20(26)14-3-4-14/h5-6,12,14-15H,1-4,7-11,13H2,(H,22,25). The molecule has 1 N–H and O–H groups in total. The molecule has 2 amide bonds. The normalized spacial score (nSPS) is 23.2. The van der Waals surface area contributed by atoms with E-state index in [0.717, 1.165) is 19.3 Å². The van der Waals surface area contributed by atoms with Crippen LogP contribution in [0.4, 0.5) is 5.69 Å². The number of rotatable bonds is 5. The highest BCUT2D eigenvalue weighted by Crippen LogP contribution is 2.33. The number of hydrogen-bond acceptors (Lipinski definition) is 5. The summed E-state index contributed by atoms with van der Waals surface area (Å²) in [5, 5.41) is 2.93. The molecule has 1 unspecified atom stereocenters. The Hall–Kier alpha value is -1.68. The van der Waals surface area contributed by atoms with E-state index in [2.05, 4.69) is 5.32 Å². The van der Waals surface area contributed by atoms with Crippen molar-refractivity contribution in [2.75, 3.05) is 44.7 Å². The van der Waals surface area contributed by atoms with E-state index in [1.54, 1.807) is 11.0 Å². The number of ether oxygens (including phenoxy) is 1. The van der Waals surface area contributed by atoms with Crippen LogP contribution in [0.1, 0.15) is 25.7 Å². The second-order valence-electron chi connectivity index (χ2n) is 8.05. The first-order valence-electron chi connectivity index (χ1n) is 10.3. The van der Waals surface area contributed by atoms with E-state index in [9.17, 15) is 18.0 Å². The maximum Gasteiger partial charge on any atom is 0.244 e. The first-order valence-corrected chi connectivity index (χ1v) is 12.1. The Balaban J connectivity index is 1.46. The van der Waals surface area contributed by atoms with Crippen molar-refractivity contribution in [2.24, 2.45) is 11.8 Å². The van der Waals surface area contributed by atoms with Crippen molar-refractivity contribution in [2.45, 2.75) is 30.6 Å². The number of benzene rings is 1. The van der Waals surface area contributed by atoms with Gasteiger partial charge in [0.05, 0.1) is 24.2 Å². The minimum absolute atomic E-state index is 0.0296. The summed E-state index contributed by atoms with van der Waals surface area (Å²) < 4.78 is 32.5. The van der Waals surface area contributed by atoms with Crippen molar-refractivity contribution in [3.05, 3.63) is 23.2 Å². The smallest absolute Gasteiger partial charge is 0.244 e. The van der Waals surface area contributed by atoms with Crippen LogP contribution in [0.25, 0.3) is 0 Å². The monoisotopic (exact) mass is 455 g/mol. The van der Waals surface area contributed by atoms with Gasteiger partial charge in [-0.1, -0.05) is 11.6 Å². The Morgan fingerprint density at radius 1 is 1.07 bits per heavy atom. The molecule has 1 atom stereocenters. The lowest BCUT2D eigenvalue weighted by molar-refractivity contribution is -0.135. The Morgan fingerprint density at radius 2 is 1.80 bits per heavy atom. The number of morpholine rings is 1. The number of halogens is 1. The van der Waals surface area contributed by atoms with Crippen LogP contribution >= 0.6 is 11.6 Å². The summed E-state index contributed by atoms with van der Waals surface area (Å²) in [7, 11) is -3.78. The molecule has 0 radical (unpaired) electrons. The lowest BCUT2D eigenvalue weighted by Crippen LogP contribution is -2.44. The van der Waals surface area contributed by atoms with Crippen LogP contribution in [-0.4, -0.2) is 68.8 Å². The van der Waals surface area contributed by atoms with Crippen LogP contribution in [0.3, 0.4) is 0 Å². The van der Waals surface area contributed by atoms with Gasteiger partial charge in [-0.2, -0.15) is 4.31 Å². The zero-order valence-corrected chi connectivity index (χ0v) is 18.3. The summed E-state index contributed by atoms with van der Waals surface area (Å²) in [6.07, 6.45) is 3.37. The summed E-state index contributed by atoms with van der Waals surface area (Å²) in [4.78, 5) is 26.9. The van der Waals surface area contributed by atoms with Crippen LogP contribution in [0.5, 0.6) is 0 Å². The number of amides is 2. The number of hydrogen-bond donors (Lipinski definition) is 1. The fourth-order valence-electron chi connectivity index (χ4n) is 3.93. The minimum Gasteiger partial charge on any atom is -0.379 e. The average Bonchev–Trinajstić information content (AvgIpc) is 3.60. The molecule has 1 aliphatic carbocycles. The van der Waals surface area contributed by atoms with Gasteiger partial charge in [-0.25, -0.2) is 8.42 Å². The third-order valence-electron chi connectivity index (χ3n) is 5.82. The maximum atomic E-state index is 13.0. The van der Waals surface area contributed by atoms with Gasteiger partial charge in [0.1, 0.15) is 4.90 Å². The molecular formula is C20H26ClN3O5S. The van der Waals surface area contributed by atoms with Crippen LogP contribution in [0.15, 0.2) is 23.1 Å². The lowest BCUT2D eigenvalue weighted by atomic mass is 9.96. The van der Waals surface area contributed by atoms with Gasteiger partial charge in [-0.3, -0.25) is 9.59 Å². The number of nitrogens with zero attached hydrogens (tertiary/aromatic N) is 2. The topological polar surface area (TPSA) is 96.0 Å². The molecule has 0 bridgehead atoms. The lowest BCUT2D eigenvalue weighted by Gasteiger charge is -2.32. The van der Waals surface area contributed by atoms with E-state index in [1.807, 2.05) is 0 Å². The van der Waals surface area contributed by atoms with Gasteiger partial charge < -0.3 is 15.0 Å². The Bertz CT molecular complexity index is 928. The van der Waals surface area contributed by atoms with E-state index in [0.29, 0.717) is 38.4 Å². The largest absolute Gasteiger partial charge is 0.379 e. The van der Waals surface area contributed by atoms with E-state index >= 15 is 0 Å². The fourth-order valence-corrected chi connectivity index (χ4v) is 5.84. The van der Waals surface area contributed by atoms with Gasteiger partial charge in [0.2, 0.25) is 21.8 Å².